The van der Waals surface area contributed by atoms with Crippen molar-refractivity contribution in [3.05, 3.63) is 46.4 Å². The number of para-hydroxylation sites is 1. The second-order valence-electron chi connectivity index (χ2n) is 7.76. The van der Waals surface area contributed by atoms with Crippen molar-refractivity contribution in [2.24, 2.45) is 22.4 Å². The first-order chi connectivity index (χ1) is 15.4. The number of aryl methyl sites for hydroxylation is 1. The van der Waals surface area contributed by atoms with Gasteiger partial charge in [0.05, 0.1) is 6.04 Å². The number of nitrogens with zero attached hydrogens (tertiary/aromatic N) is 3. The number of ketones is 1. The van der Waals surface area contributed by atoms with Gasteiger partial charge in [-0.15, -0.1) is 11.3 Å². The fraction of sp³-hybridized carbons (Fsp3) is 0.409. The van der Waals surface area contributed by atoms with Gasteiger partial charge in [0.15, 0.2) is 11.0 Å². The number of carbonyl (C=O) groups excluding carboxylic acids is 3. The number of carbonyl (C=O) groups is 3. The minimum absolute atomic E-state index is 0.0238. The van der Waals surface area contributed by atoms with Crippen LogP contribution in [-0.4, -0.2) is 47.7 Å². The highest BCUT2D eigenvalue weighted by atomic mass is 32.1. The summed E-state index contributed by atoms with van der Waals surface area (Å²) in [5.41, 5.74) is 12.5. The zero-order valence-electron chi connectivity index (χ0n) is 18.0. The Hall–Kier alpha value is -3.27. The lowest BCUT2D eigenvalue weighted by Gasteiger charge is -2.25. The quantitative estimate of drug-likeness (QED) is 0.226. The zero-order valence-corrected chi connectivity index (χ0v) is 18.8. The fourth-order valence-electron chi connectivity index (χ4n) is 3.68. The number of Topliss-reactive ketones (excluding diaryl/α,β-unsaturated/α-hetero) is 1. The molecular formula is C22H28N6O3S. The molecule has 1 unspecified atom stereocenters. The lowest BCUT2D eigenvalue weighted by molar-refractivity contribution is -0.125. The maximum atomic E-state index is 13.0. The lowest BCUT2D eigenvalue weighted by Crippen LogP contribution is -2.48. The van der Waals surface area contributed by atoms with Gasteiger partial charge in [-0.1, -0.05) is 25.1 Å². The van der Waals surface area contributed by atoms with Crippen LogP contribution in [0.4, 0.5) is 5.69 Å². The number of guanidine groups is 1. The smallest absolute Gasteiger partial charge is 0.240 e. The van der Waals surface area contributed by atoms with Crippen LogP contribution in [0.2, 0.25) is 0 Å². The number of benzene rings is 1. The highest BCUT2D eigenvalue weighted by molar-refractivity contribution is 7.11. The number of nitrogens with two attached hydrogens (primary N) is 2. The molecule has 1 aliphatic heterocycles. The summed E-state index contributed by atoms with van der Waals surface area (Å²) in [6.45, 7) is 2.06. The minimum Gasteiger partial charge on any atom is -0.370 e. The molecule has 1 aliphatic rings. The Bertz CT molecular complexity index is 987. The molecule has 9 nitrogen and oxygen atoms in total. The van der Waals surface area contributed by atoms with Gasteiger partial charge in [0, 0.05) is 29.7 Å². The van der Waals surface area contributed by atoms with Crippen LogP contribution in [0.5, 0.6) is 0 Å². The first kappa shape index (κ1) is 23.4. The Morgan fingerprint density at radius 2 is 2.12 bits per heavy atom. The van der Waals surface area contributed by atoms with E-state index in [1.165, 1.54) is 16.2 Å². The van der Waals surface area contributed by atoms with Crippen molar-refractivity contribution in [1.29, 1.82) is 0 Å². The van der Waals surface area contributed by atoms with Gasteiger partial charge in [-0.05, 0) is 37.3 Å². The topological polar surface area (TPSA) is 144 Å². The molecule has 5 N–H and O–H groups in total. The molecule has 0 spiro atoms. The number of thiazole rings is 1. The molecule has 170 valence electrons. The second kappa shape index (κ2) is 10.9. The van der Waals surface area contributed by atoms with Gasteiger partial charge in [0.2, 0.25) is 17.6 Å². The standard InChI is InChI=1S/C22H28N6O3S/c1-14-8-9-15-5-2-3-7-17(15)28(21(14)31)13-18(29)27-16(6-4-10-26-22(23)24)19(30)20-25-11-12-32-20/h2-3,5,7,11-12,14,16H,4,6,8-10,13H2,1H3,(H,27,29)(H4,23,24,26)/t14?,16-/m0/s1. The van der Waals surface area contributed by atoms with E-state index in [0.717, 1.165) is 24.1 Å². The Labute approximate surface area is 190 Å². The van der Waals surface area contributed by atoms with Crippen molar-refractivity contribution in [3.63, 3.8) is 0 Å². The number of rotatable bonds is 9. The van der Waals surface area contributed by atoms with E-state index >= 15 is 0 Å². The van der Waals surface area contributed by atoms with Crippen LogP contribution in [0.15, 0.2) is 40.8 Å². The monoisotopic (exact) mass is 456 g/mol. The molecule has 1 aromatic carbocycles. The summed E-state index contributed by atoms with van der Waals surface area (Å²) in [4.78, 5) is 48.3. The molecule has 2 aromatic rings. The molecule has 3 rings (SSSR count). The van der Waals surface area contributed by atoms with Gasteiger partial charge >= 0.3 is 0 Å². The summed E-state index contributed by atoms with van der Waals surface area (Å²) in [7, 11) is 0. The highest BCUT2D eigenvalue weighted by Gasteiger charge is 2.30. The number of anilines is 1. The molecule has 0 aliphatic carbocycles. The molecule has 32 heavy (non-hydrogen) atoms. The zero-order chi connectivity index (χ0) is 23.1. The van der Waals surface area contributed by atoms with Crippen molar-refractivity contribution in [3.8, 4) is 0 Å². The van der Waals surface area contributed by atoms with E-state index in [4.69, 9.17) is 11.5 Å². The van der Waals surface area contributed by atoms with Crippen LogP contribution in [0, 0.1) is 5.92 Å². The summed E-state index contributed by atoms with van der Waals surface area (Å²) in [5, 5.41) is 4.83. The van der Waals surface area contributed by atoms with E-state index < -0.39 is 11.9 Å². The molecule has 2 heterocycles. The van der Waals surface area contributed by atoms with Crippen molar-refractivity contribution in [2.45, 2.75) is 38.6 Å². The summed E-state index contributed by atoms with van der Waals surface area (Å²) in [6.07, 6.45) is 3.90. The van der Waals surface area contributed by atoms with Crippen LogP contribution in [0.25, 0.3) is 0 Å². The first-order valence-electron chi connectivity index (χ1n) is 10.5. The SMILES string of the molecule is CC1CCc2ccccc2N(CC(=O)N[C@@H](CCCN=C(N)N)C(=O)c2nccs2)C1=O. The van der Waals surface area contributed by atoms with Gasteiger partial charge in [-0.2, -0.15) is 0 Å². The molecule has 1 aromatic heterocycles. The minimum atomic E-state index is -0.780. The maximum Gasteiger partial charge on any atom is 0.240 e. The van der Waals surface area contributed by atoms with E-state index in [1.54, 1.807) is 11.6 Å². The largest absolute Gasteiger partial charge is 0.370 e. The number of aromatic nitrogens is 1. The van der Waals surface area contributed by atoms with Crippen LogP contribution < -0.4 is 21.7 Å². The number of hydrogen-bond donors (Lipinski definition) is 3. The van der Waals surface area contributed by atoms with E-state index in [0.29, 0.717) is 24.4 Å². The third-order valence-electron chi connectivity index (χ3n) is 5.36. The molecule has 2 atom stereocenters. The van der Waals surface area contributed by atoms with E-state index in [-0.39, 0.29) is 30.1 Å². The number of nitrogens with one attached hydrogen (secondary N) is 1. The van der Waals surface area contributed by atoms with Gasteiger partial charge in [-0.25, -0.2) is 4.98 Å². The van der Waals surface area contributed by atoms with Gasteiger partial charge in [0.25, 0.3) is 0 Å². The second-order valence-corrected chi connectivity index (χ2v) is 8.66. The molecule has 2 amide bonds. The summed E-state index contributed by atoms with van der Waals surface area (Å²) in [6, 6.07) is 6.83. The van der Waals surface area contributed by atoms with Crippen LogP contribution in [-0.2, 0) is 16.0 Å². The number of hydrogen-bond acceptors (Lipinski definition) is 6. The average molecular weight is 457 g/mol. The third kappa shape index (κ3) is 5.91. The van der Waals surface area contributed by atoms with Crippen molar-refractivity contribution in [1.82, 2.24) is 10.3 Å². The van der Waals surface area contributed by atoms with Crippen molar-refractivity contribution >= 4 is 40.6 Å². The third-order valence-corrected chi connectivity index (χ3v) is 6.15. The molecule has 0 radical (unpaired) electrons. The summed E-state index contributed by atoms with van der Waals surface area (Å²) >= 11 is 1.22. The molecule has 0 bridgehead atoms. The predicted octanol–water partition coefficient (Wildman–Crippen LogP) is 1.48. The van der Waals surface area contributed by atoms with E-state index in [1.807, 2.05) is 31.2 Å². The Balaban J connectivity index is 1.74. The number of amides is 2. The highest BCUT2D eigenvalue weighted by Crippen LogP contribution is 2.29. The van der Waals surface area contributed by atoms with E-state index in [2.05, 4.69) is 15.3 Å². The average Bonchev–Trinajstić information content (AvgIpc) is 3.28. The van der Waals surface area contributed by atoms with Gasteiger partial charge in [-0.3, -0.25) is 19.4 Å². The predicted molar refractivity (Wildman–Crippen MR) is 125 cm³/mol. The van der Waals surface area contributed by atoms with Crippen molar-refractivity contribution in [2.75, 3.05) is 18.0 Å². The number of aliphatic imine (C=N–C) groups is 1. The lowest BCUT2D eigenvalue weighted by atomic mass is 10.0. The normalized spacial score (nSPS) is 16.6. The molecule has 0 fully saturated rings. The van der Waals surface area contributed by atoms with E-state index in [9.17, 15) is 14.4 Å². The molecule has 10 heteroatoms. The molecular weight excluding hydrogens is 428 g/mol. The van der Waals surface area contributed by atoms with Crippen molar-refractivity contribution < 1.29 is 14.4 Å². The Morgan fingerprint density at radius 1 is 1.34 bits per heavy atom. The maximum absolute atomic E-state index is 13.0. The van der Waals surface area contributed by atoms with Crippen LogP contribution in [0.3, 0.4) is 0 Å². The fourth-order valence-corrected chi connectivity index (χ4v) is 4.31. The van der Waals surface area contributed by atoms with Crippen LogP contribution in [0.1, 0.15) is 41.6 Å². The Morgan fingerprint density at radius 3 is 2.84 bits per heavy atom. The molecule has 0 saturated carbocycles. The van der Waals surface area contributed by atoms with Gasteiger partial charge < -0.3 is 21.7 Å². The summed E-state index contributed by atoms with van der Waals surface area (Å²) in [5.74, 6) is -0.986. The Kier molecular flexibility index (Phi) is 7.93. The van der Waals surface area contributed by atoms with Gasteiger partial charge in [0.1, 0.15) is 6.54 Å². The first-order valence-corrected chi connectivity index (χ1v) is 11.4. The summed E-state index contributed by atoms with van der Waals surface area (Å²) < 4.78 is 0. The molecule has 0 saturated heterocycles. The number of fused-ring (bicyclic) bond motifs is 1. The van der Waals surface area contributed by atoms with Crippen LogP contribution >= 0.6 is 11.3 Å².